The van der Waals surface area contributed by atoms with Gasteiger partial charge in [-0.15, -0.1) is 11.3 Å². The van der Waals surface area contributed by atoms with Crippen molar-refractivity contribution in [1.29, 1.82) is 0 Å². The number of nitrogens with two attached hydrogens (primary N) is 1. The molecule has 2 N–H and O–H groups in total. The zero-order valence-electron chi connectivity index (χ0n) is 16.4. The summed E-state index contributed by atoms with van der Waals surface area (Å²) < 4.78 is 10.3. The number of ether oxygens (including phenoxy) is 2. The van der Waals surface area contributed by atoms with Gasteiger partial charge in [0, 0.05) is 22.2 Å². The molecule has 0 aliphatic heterocycles. The minimum Gasteiger partial charge on any atom is -0.494 e. The lowest BCUT2D eigenvalue weighted by Crippen LogP contribution is -2.14. The van der Waals surface area contributed by atoms with Gasteiger partial charge in [0.1, 0.15) is 15.5 Å². The lowest BCUT2D eigenvalue weighted by molar-refractivity contribution is 0.0607. The van der Waals surface area contributed by atoms with Crippen LogP contribution in [0, 0.1) is 0 Å². The molecule has 6 nitrogen and oxygen atoms in total. The second kappa shape index (κ2) is 7.83. The molecular formula is C22H22N2O4S. The van der Waals surface area contributed by atoms with Gasteiger partial charge >= 0.3 is 5.97 Å². The number of anilines is 1. The first-order chi connectivity index (χ1) is 14.0. The Morgan fingerprint density at radius 3 is 2.59 bits per heavy atom. The van der Waals surface area contributed by atoms with Crippen molar-refractivity contribution in [2.24, 2.45) is 0 Å². The number of carbonyl (C=O) groups is 2. The number of hydrogen-bond donors (Lipinski definition) is 1. The van der Waals surface area contributed by atoms with Gasteiger partial charge in [0.2, 0.25) is 0 Å². The van der Waals surface area contributed by atoms with Crippen molar-refractivity contribution in [2.45, 2.75) is 32.6 Å². The molecule has 4 rings (SSSR count). The standard InChI is InChI=1S/C22H22N2O4S/c1-3-28-13-10-8-12(9-11-13)19(25)16-14-6-4-5-7-15(14)24-21-17(16)18(23)20(29-21)22(26)27-2/h8-11H,3-7,23H2,1-2H3. The fourth-order valence-electron chi connectivity index (χ4n) is 3.82. The fourth-order valence-corrected chi connectivity index (χ4v) is 4.86. The first-order valence-corrected chi connectivity index (χ1v) is 10.5. The second-order valence-electron chi connectivity index (χ2n) is 6.92. The number of benzene rings is 1. The van der Waals surface area contributed by atoms with E-state index < -0.39 is 5.97 Å². The molecule has 0 amide bonds. The highest BCUT2D eigenvalue weighted by atomic mass is 32.1. The molecule has 7 heteroatoms. The third-order valence-corrected chi connectivity index (χ3v) is 6.26. The topological polar surface area (TPSA) is 91.5 Å². The summed E-state index contributed by atoms with van der Waals surface area (Å²) in [6.07, 6.45) is 3.63. The number of fused-ring (bicyclic) bond motifs is 2. The number of aromatic nitrogens is 1. The Balaban J connectivity index is 1.92. The van der Waals surface area contributed by atoms with Crippen LogP contribution in [0.1, 0.15) is 56.6 Å². The summed E-state index contributed by atoms with van der Waals surface area (Å²) in [4.78, 5) is 31.4. The highest BCUT2D eigenvalue weighted by Crippen LogP contribution is 2.40. The molecule has 0 radical (unpaired) electrons. The van der Waals surface area contributed by atoms with Crippen molar-refractivity contribution >= 4 is 39.0 Å². The van der Waals surface area contributed by atoms with Gasteiger partial charge < -0.3 is 15.2 Å². The SMILES string of the molecule is CCOc1ccc(C(=O)c2c3c(nc4sc(C(=O)OC)c(N)c24)CCCC3)cc1. The number of ketones is 1. The summed E-state index contributed by atoms with van der Waals surface area (Å²) in [5.74, 6) is 0.0939. The van der Waals surface area contributed by atoms with Gasteiger partial charge in [0.05, 0.1) is 19.4 Å². The molecule has 0 saturated heterocycles. The van der Waals surface area contributed by atoms with Gasteiger partial charge in [-0.3, -0.25) is 4.79 Å². The molecule has 0 atom stereocenters. The zero-order valence-corrected chi connectivity index (χ0v) is 17.2. The number of aryl methyl sites for hydroxylation is 1. The summed E-state index contributed by atoms with van der Waals surface area (Å²) in [6, 6.07) is 7.11. The second-order valence-corrected chi connectivity index (χ2v) is 7.92. The molecule has 3 aromatic rings. The average molecular weight is 410 g/mol. The van der Waals surface area contributed by atoms with Gasteiger partial charge in [-0.25, -0.2) is 9.78 Å². The maximum atomic E-state index is 13.6. The van der Waals surface area contributed by atoms with Crippen molar-refractivity contribution < 1.29 is 19.1 Å². The van der Waals surface area contributed by atoms with Crippen LogP contribution in [-0.2, 0) is 17.6 Å². The first kappa shape index (κ1) is 19.4. The number of carbonyl (C=O) groups excluding carboxylic acids is 2. The van der Waals surface area contributed by atoms with Crippen LogP contribution in [0.5, 0.6) is 5.75 Å². The quantitative estimate of drug-likeness (QED) is 0.501. The van der Waals surface area contributed by atoms with Crippen molar-refractivity contribution in [3.8, 4) is 5.75 Å². The third-order valence-electron chi connectivity index (χ3n) is 5.18. The number of rotatable bonds is 5. The van der Waals surface area contributed by atoms with Crippen LogP contribution >= 0.6 is 11.3 Å². The first-order valence-electron chi connectivity index (χ1n) is 9.64. The van der Waals surface area contributed by atoms with E-state index in [1.165, 1.54) is 18.4 Å². The number of thiophene rings is 1. The number of nitrogens with zero attached hydrogens (tertiary/aromatic N) is 1. The van der Waals surface area contributed by atoms with E-state index in [2.05, 4.69) is 0 Å². The minimum atomic E-state index is -0.511. The van der Waals surface area contributed by atoms with Crippen LogP contribution in [0.15, 0.2) is 24.3 Å². The van der Waals surface area contributed by atoms with Gasteiger partial charge in [-0.2, -0.15) is 0 Å². The van der Waals surface area contributed by atoms with Gasteiger partial charge in [-0.05, 0) is 62.4 Å². The summed E-state index contributed by atoms with van der Waals surface area (Å²) in [6.45, 7) is 2.48. The van der Waals surface area contributed by atoms with E-state index in [9.17, 15) is 9.59 Å². The summed E-state index contributed by atoms with van der Waals surface area (Å²) >= 11 is 1.18. The largest absolute Gasteiger partial charge is 0.494 e. The van der Waals surface area contributed by atoms with E-state index in [0.29, 0.717) is 33.7 Å². The molecule has 0 bridgehead atoms. The van der Waals surface area contributed by atoms with Crippen molar-refractivity contribution in [3.05, 3.63) is 51.5 Å². The molecular weight excluding hydrogens is 388 g/mol. The van der Waals surface area contributed by atoms with E-state index in [1.54, 1.807) is 24.3 Å². The zero-order chi connectivity index (χ0) is 20.5. The number of esters is 1. The van der Waals surface area contributed by atoms with Crippen LogP contribution in [0.25, 0.3) is 10.2 Å². The fraction of sp³-hybridized carbons (Fsp3) is 0.318. The van der Waals surface area contributed by atoms with E-state index in [0.717, 1.165) is 36.9 Å². The van der Waals surface area contributed by atoms with E-state index >= 15 is 0 Å². The van der Waals surface area contributed by atoms with Crippen molar-refractivity contribution in [3.63, 3.8) is 0 Å². The molecule has 0 unspecified atom stereocenters. The Morgan fingerprint density at radius 1 is 1.17 bits per heavy atom. The van der Waals surface area contributed by atoms with E-state index in [4.69, 9.17) is 20.2 Å². The Labute approximate surface area is 172 Å². The van der Waals surface area contributed by atoms with Gasteiger partial charge in [0.15, 0.2) is 5.78 Å². The number of methoxy groups -OCH3 is 1. The summed E-state index contributed by atoms with van der Waals surface area (Å²) in [5.41, 5.74) is 9.59. The van der Waals surface area contributed by atoms with Crippen LogP contribution < -0.4 is 10.5 Å². The molecule has 0 spiro atoms. The Hall–Kier alpha value is -2.93. The molecule has 1 aromatic carbocycles. The lowest BCUT2D eigenvalue weighted by atomic mass is 9.87. The van der Waals surface area contributed by atoms with Crippen LogP contribution in [0.2, 0.25) is 0 Å². The predicted octanol–water partition coefficient (Wildman–Crippen LogP) is 4.17. The third kappa shape index (κ3) is 3.35. The normalized spacial score (nSPS) is 13.2. The van der Waals surface area contributed by atoms with Crippen molar-refractivity contribution in [1.82, 2.24) is 4.98 Å². The summed E-state index contributed by atoms with van der Waals surface area (Å²) in [7, 11) is 1.32. The van der Waals surface area contributed by atoms with Gasteiger partial charge in [0.25, 0.3) is 0 Å². The van der Waals surface area contributed by atoms with Crippen molar-refractivity contribution in [2.75, 3.05) is 19.5 Å². The Morgan fingerprint density at radius 2 is 1.90 bits per heavy atom. The molecule has 0 fully saturated rings. The maximum Gasteiger partial charge on any atom is 0.350 e. The van der Waals surface area contributed by atoms with Crippen LogP contribution in [0.3, 0.4) is 0 Å². The molecule has 29 heavy (non-hydrogen) atoms. The highest BCUT2D eigenvalue weighted by Gasteiger charge is 2.28. The Kier molecular flexibility index (Phi) is 5.24. The van der Waals surface area contributed by atoms with E-state index in [-0.39, 0.29) is 16.3 Å². The van der Waals surface area contributed by atoms with Crippen LogP contribution in [-0.4, -0.2) is 30.5 Å². The van der Waals surface area contributed by atoms with Crippen LogP contribution in [0.4, 0.5) is 5.69 Å². The number of pyridine rings is 1. The molecule has 0 saturated carbocycles. The minimum absolute atomic E-state index is 0.112. The predicted molar refractivity (Wildman–Crippen MR) is 113 cm³/mol. The highest BCUT2D eigenvalue weighted by molar-refractivity contribution is 7.21. The van der Waals surface area contributed by atoms with Gasteiger partial charge in [-0.1, -0.05) is 0 Å². The Bertz CT molecular complexity index is 1100. The average Bonchev–Trinajstić information content (AvgIpc) is 3.08. The lowest BCUT2D eigenvalue weighted by Gasteiger charge is -2.19. The molecule has 1 aliphatic rings. The smallest absolute Gasteiger partial charge is 0.350 e. The molecule has 1 aliphatic carbocycles. The van der Waals surface area contributed by atoms with E-state index in [1.807, 2.05) is 6.92 Å². The maximum absolute atomic E-state index is 13.6. The number of hydrogen-bond acceptors (Lipinski definition) is 7. The summed E-state index contributed by atoms with van der Waals surface area (Å²) in [5, 5.41) is 0.565. The monoisotopic (exact) mass is 410 g/mol. The molecule has 2 aromatic heterocycles. The molecule has 2 heterocycles. The number of nitrogen functional groups attached to an aromatic ring is 1. The molecule has 150 valence electrons.